The number of aryl methyl sites for hydroxylation is 2. The van der Waals surface area contributed by atoms with Crippen molar-refractivity contribution >= 4 is 0 Å². The molecule has 0 unspecified atom stereocenters. The quantitative estimate of drug-likeness (QED) is 0.813. The highest BCUT2D eigenvalue weighted by Gasteiger charge is 2.08. The summed E-state index contributed by atoms with van der Waals surface area (Å²) in [5.41, 5.74) is 8.67. The highest BCUT2D eigenvalue weighted by Crippen LogP contribution is 2.23. The summed E-state index contributed by atoms with van der Waals surface area (Å²) in [6.07, 6.45) is 0. The number of nitrogens with two attached hydrogens (primary N) is 1. The first kappa shape index (κ1) is 9.93. The molecule has 2 rings (SSSR count). The summed E-state index contributed by atoms with van der Waals surface area (Å²) in [6, 6.07) is 8.06. The van der Waals surface area contributed by atoms with Crippen LogP contribution in [-0.4, -0.2) is 4.98 Å². The second-order valence-corrected chi connectivity index (χ2v) is 3.54. The minimum Gasteiger partial charge on any atom is -0.446 e. The molecule has 0 aliphatic rings. The summed E-state index contributed by atoms with van der Waals surface area (Å²) < 4.78 is 5.40. The highest BCUT2D eigenvalue weighted by atomic mass is 16.4. The Balaban J connectivity index is 2.49. The van der Waals surface area contributed by atoms with Gasteiger partial charge >= 0.3 is 0 Å². The molecule has 2 N–H and O–H groups in total. The molecule has 1 aromatic carbocycles. The number of benzene rings is 1. The largest absolute Gasteiger partial charge is 0.446 e. The molecule has 1 aromatic heterocycles. The van der Waals surface area contributed by atoms with Crippen LogP contribution in [0.2, 0.25) is 0 Å². The SMILES string of the molecule is Cc1nc(-c2cccc(CN)c2)c(C)o1. The van der Waals surface area contributed by atoms with E-state index in [0.29, 0.717) is 12.4 Å². The van der Waals surface area contributed by atoms with Gasteiger partial charge in [0, 0.05) is 19.0 Å². The summed E-state index contributed by atoms with van der Waals surface area (Å²) in [7, 11) is 0. The summed E-state index contributed by atoms with van der Waals surface area (Å²) >= 11 is 0. The second-order valence-electron chi connectivity index (χ2n) is 3.54. The minimum absolute atomic E-state index is 0.545. The van der Waals surface area contributed by atoms with Crippen molar-refractivity contribution in [3.63, 3.8) is 0 Å². The van der Waals surface area contributed by atoms with Gasteiger partial charge in [-0.25, -0.2) is 4.98 Å². The Morgan fingerprint density at radius 2 is 2.13 bits per heavy atom. The fourth-order valence-electron chi connectivity index (χ4n) is 1.64. The van der Waals surface area contributed by atoms with Crippen LogP contribution in [0.4, 0.5) is 0 Å². The zero-order chi connectivity index (χ0) is 10.8. The van der Waals surface area contributed by atoms with Gasteiger partial charge in [-0.3, -0.25) is 0 Å². The predicted molar refractivity (Wildman–Crippen MR) is 59.3 cm³/mol. The van der Waals surface area contributed by atoms with Crippen LogP contribution in [-0.2, 0) is 6.54 Å². The Hall–Kier alpha value is -1.61. The van der Waals surface area contributed by atoms with Crippen LogP contribution in [0.1, 0.15) is 17.2 Å². The van der Waals surface area contributed by atoms with E-state index in [4.69, 9.17) is 10.2 Å². The number of rotatable bonds is 2. The van der Waals surface area contributed by atoms with Crippen LogP contribution in [0, 0.1) is 13.8 Å². The van der Waals surface area contributed by atoms with Gasteiger partial charge in [-0.2, -0.15) is 0 Å². The number of nitrogens with zero attached hydrogens (tertiary/aromatic N) is 1. The molecule has 0 saturated carbocycles. The molecule has 15 heavy (non-hydrogen) atoms. The minimum atomic E-state index is 0.545. The molecule has 0 radical (unpaired) electrons. The zero-order valence-electron chi connectivity index (χ0n) is 8.95. The predicted octanol–water partition coefficient (Wildman–Crippen LogP) is 2.42. The molecule has 0 aliphatic carbocycles. The Labute approximate surface area is 88.9 Å². The van der Waals surface area contributed by atoms with Crippen molar-refractivity contribution in [2.24, 2.45) is 5.73 Å². The smallest absolute Gasteiger partial charge is 0.191 e. The first-order valence-electron chi connectivity index (χ1n) is 4.94. The van der Waals surface area contributed by atoms with E-state index in [-0.39, 0.29) is 0 Å². The van der Waals surface area contributed by atoms with E-state index in [0.717, 1.165) is 22.6 Å². The molecule has 0 atom stereocenters. The lowest BCUT2D eigenvalue weighted by molar-refractivity contribution is 0.495. The van der Waals surface area contributed by atoms with Gasteiger partial charge in [-0.05, 0) is 18.6 Å². The second kappa shape index (κ2) is 3.87. The van der Waals surface area contributed by atoms with Crippen molar-refractivity contribution in [2.75, 3.05) is 0 Å². The Bertz CT molecular complexity index is 474. The third-order valence-corrected chi connectivity index (χ3v) is 2.34. The maximum atomic E-state index is 5.60. The summed E-state index contributed by atoms with van der Waals surface area (Å²) in [6.45, 7) is 4.32. The van der Waals surface area contributed by atoms with Gasteiger partial charge in [-0.1, -0.05) is 18.2 Å². The maximum Gasteiger partial charge on any atom is 0.191 e. The van der Waals surface area contributed by atoms with Gasteiger partial charge in [-0.15, -0.1) is 0 Å². The van der Waals surface area contributed by atoms with Crippen LogP contribution in [0.25, 0.3) is 11.3 Å². The van der Waals surface area contributed by atoms with Crippen LogP contribution < -0.4 is 5.73 Å². The molecule has 3 nitrogen and oxygen atoms in total. The van der Waals surface area contributed by atoms with E-state index in [2.05, 4.69) is 4.98 Å². The van der Waals surface area contributed by atoms with Crippen LogP contribution in [0.15, 0.2) is 28.7 Å². The van der Waals surface area contributed by atoms with Crippen molar-refractivity contribution in [1.82, 2.24) is 4.98 Å². The van der Waals surface area contributed by atoms with Crippen LogP contribution in [0.3, 0.4) is 0 Å². The van der Waals surface area contributed by atoms with Gasteiger partial charge < -0.3 is 10.2 Å². The van der Waals surface area contributed by atoms with E-state index in [1.54, 1.807) is 0 Å². The summed E-state index contributed by atoms with van der Waals surface area (Å²) in [5.74, 6) is 1.54. The fourth-order valence-corrected chi connectivity index (χ4v) is 1.64. The number of hydrogen-bond acceptors (Lipinski definition) is 3. The molecule has 78 valence electrons. The molecule has 0 aliphatic heterocycles. The van der Waals surface area contributed by atoms with Crippen molar-refractivity contribution < 1.29 is 4.42 Å². The van der Waals surface area contributed by atoms with Gasteiger partial charge in [0.05, 0.1) is 0 Å². The van der Waals surface area contributed by atoms with Crippen LogP contribution >= 0.6 is 0 Å². The molecule has 1 heterocycles. The standard InChI is InChI=1S/C12H14N2O/c1-8-12(14-9(2)15-8)11-5-3-4-10(6-11)7-13/h3-6H,7,13H2,1-2H3. The molecular formula is C12H14N2O. The molecule has 0 amide bonds. The molecular weight excluding hydrogens is 188 g/mol. The van der Waals surface area contributed by atoms with E-state index >= 15 is 0 Å². The first-order chi connectivity index (χ1) is 7.20. The lowest BCUT2D eigenvalue weighted by Gasteiger charge is -2.00. The molecule has 3 heteroatoms. The van der Waals surface area contributed by atoms with Gasteiger partial charge in [0.15, 0.2) is 5.89 Å². The molecule has 0 spiro atoms. The van der Waals surface area contributed by atoms with Crippen molar-refractivity contribution in [3.05, 3.63) is 41.5 Å². The van der Waals surface area contributed by atoms with Crippen LogP contribution in [0.5, 0.6) is 0 Å². The highest BCUT2D eigenvalue weighted by molar-refractivity contribution is 5.61. The van der Waals surface area contributed by atoms with E-state index in [9.17, 15) is 0 Å². The Morgan fingerprint density at radius 1 is 1.33 bits per heavy atom. The monoisotopic (exact) mass is 202 g/mol. The van der Waals surface area contributed by atoms with Crippen molar-refractivity contribution in [1.29, 1.82) is 0 Å². The Morgan fingerprint density at radius 3 is 2.73 bits per heavy atom. The maximum absolute atomic E-state index is 5.60. The zero-order valence-corrected chi connectivity index (χ0v) is 8.95. The lowest BCUT2D eigenvalue weighted by Crippen LogP contribution is -1.96. The number of oxazole rings is 1. The normalized spacial score (nSPS) is 10.6. The fraction of sp³-hybridized carbons (Fsp3) is 0.250. The molecule has 2 aromatic rings. The average Bonchev–Trinajstić information content (AvgIpc) is 2.58. The topological polar surface area (TPSA) is 52.0 Å². The summed E-state index contributed by atoms with van der Waals surface area (Å²) in [5, 5.41) is 0. The van der Waals surface area contributed by atoms with E-state index < -0.39 is 0 Å². The van der Waals surface area contributed by atoms with E-state index in [1.165, 1.54) is 0 Å². The van der Waals surface area contributed by atoms with Gasteiger partial charge in [0.1, 0.15) is 11.5 Å². The third kappa shape index (κ3) is 1.92. The summed E-state index contributed by atoms with van der Waals surface area (Å²) in [4.78, 5) is 4.35. The molecule has 0 bridgehead atoms. The lowest BCUT2D eigenvalue weighted by atomic mass is 10.1. The first-order valence-corrected chi connectivity index (χ1v) is 4.94. The molecule has 0 fully saturated rings. The van der Waals surface area contributed by atoms with Crippen molar-refractivity contribution in [3.8, 4) is 11.3 Å². The number of aromatic nitrogens is 1. The van der Waals surface area contributed by atoms with Crippen molar-refractivity contribution in [2.45, 2.75) is 20.4 Å². The molecule has 0 saturated heterocycles. The van der Waals surface area contributed by atoms with E-state index in [1.807, 2.05) is 38.1 Å². The third-order valence-electron chi connectivity index (χ3n) is 2.34. The van der Waals surface area contributed by atoms with Gasteiger partial charge in [0.2, 0.25) is 0 Å². The average molecular weight is 202 g/mol. The number of hydrogen-bond donors (Lipinski definition) is 1. The Kier molecular flexibility index (Phi) is 2.56. The van der Waals surface area contributed by atoms with Gasteiger partial charge in [0.25, 0.3) is 0 Å².